The molecule has 0 aromatic carbocycles. The lowest BCUT2D eigenvalue weighted by molar-refractivity contribution is -0.154. The van der Waals surface area contributed by atoms with Crippen molar-refractivity contribution >= 4 is 5.96 Å². The second-order valence-corrected chi connectivity index (χ2v) is 7.63. The van der Waals surface area contributed by atoms with E-state index in [1.165, 1.54) is 12.3 Å². The van der Waals surface area contributed by atoms with E-state index in [9.17, 15) is 13.2 Å². The van der Waals surface area contributed by atoms with Crippen molar-refractivity contribution in [1.82, 2.24) is 20.5 Å². The van der Waals surface area contributed by atoms with Gasteiger partial charge in [0, 0.05) is 45.0 Å². The van der Waals surface area contributed by atoms with Crippen molar-refractivity contribution in [2.75, 3.05) is 45.9 Å². The maximum atomic E-state index is 12.3. The van der Waals surface area contributed by atoms with Crippen LogP contribution in [0.1, 0.15) is 26.3 Å². The minimum atomic E-state index is -4.40. The van der Waals surface area contributed by atoms with Crippen LogP contribution in [0.15, 0.2) is 23.3 Å². The molecule has 2 N–H and O–H groups in total. The predicted molar refractivity (Wildman–Crippen MR) is 110 cm³/mol. The number of halogens is 3. The Morgan fingerprint density at radius 1 is 1.40 bits per heavy atom. The third-order valence-corrected chi connectivity index (χ3v) is 4.29. The average molecular weight is 432 g/mol. The number of aliphatic imine (C=N–C) groups is 1. The zero-order valence-corrected chi connectivity index (χ0v) is 17.8. The molecule has 1 saturated heterocycles. The van der Waals surface area contributed by atoms with Crippen molar-refractivity contribution in [3.8, 4) is 5.88 Å². The Labute approximate surface area is 176 Å². The summed E-state index contributed by atoms with van der Waals surface area (Å²) >= 11 is 0. The Kier molecular flexibility index (Phi) is 9.64. The van der Waals surface area contributed by atoms with Crippen molar-refractivity contribution < 1.29 is 22.6 Å². The van der Waals surface area contributed by atoms with Crippen LogP contribution in [0.5, 0.6) is 5.88 Å². The van der Waals surface area contributed by atoms with Crippen LogP contribution in [0.25, 0.3) is 0 Å². The largest absolute Gasteiger partial charge is 0.468 e. The molecule has 1 aliphatic rings. The number of nitrogens with zero attached hydrogens (tertiary/aromatic N) is 3. The first-order chi connectivity index (χ1) is 14.2. The molecule has 0 spiro atoms. The van der Waals surface area contributed by atoms with Crippen LogP contribution in [0.2, 0.25) is 0 Å². The summed E-state index contributed by atoms with van der Waals surface area (Å²) in [6.45, 7) is 10.2. The van der Waals surface area contributed by atoms with Crippen LogP contribution < -0.4 is 15.4 Å². The van der Waals surface area contributed by atoms with E-state index in [1.54, 1.807) is 6.07 Å². The minimum absolute atomic E-state index is 0.0705. The molecular weight excluding hydrogens is 399 g/mol. The fraction of sp³-hybridized carbons (Fsp3) is 0.700. The second-order valence-electron chi connectivity index (χ2n) is 7.63. The fourth-order valence-corrected chi connectivity index (χ4v) is 3.09. The number of hydrogen-bond donors (Lipinski definition) is 2. The van der Waals surface area contributed by atoms with Gasteiger partial charge in [0.2, 0.25) is 5.88 Å². The molecule has 2 heterocycles. The summed E-state index contributed by atoms with van der Waals surface area (Å²) in [6.07, 6.45) is -2.91. The second kappa shape index (κ2) is 11.9. The van der Waals surface area contributed by atoms with Crippen molar-refractivity contribution in [3.05, 3.63) is 23.9 Å². The van der Waals surface area contributed by atoms with Crippen LogP contribution in [0, 0.1) is 5.92 Å². The van der Waals surface area contributed by atoms with Crippen molar-refractivity contribution in [3.63, 3.8) is 0 Å². The van der Waals surface area contributed by atoms with Gasteiger partial charge in [0.25, 0.3) is 0 Å². The molecule has 1 aromatic heterocycles. The van der Waals surface area contributed by atoms with Gasteiger partial charge < -0.3 is 20.1 Å². The maximum Gasteiger partial charge on any atom is 0.422 e. The molecule has 170 valence electrons. The van der Waals surface area contributed by atoms with Crippen LogP contribution in [0.4, 0.5) is 13.2 Å². The molecule has 7 nitrogen and oxygen atoms in total. The summed E-state index contributed by atoms with van der Waals surface area (Å²) in [7, 11) is 0. The molecule has 1 aliphatic heterocycles. The fourth-order valence-electron chi connectivity index (χ4n) is 3.09. The molecule has 0 amide bonds. The highest BCUT2D eigenvalue weighted by Gasteiger charge is 2.28. The number of guanidine groups is 1. The SMILES string of the molecule is CCNC(=NCc1ccnc(OCC(F)(F)F)c1)NCC1CN(CC(C)C)CCO1. The van der Waals surface area contributed by atoms with Crippen LogP contribution in [0.3, 0.4) is 0 Å². The van der Waals surface area contributed by atoms with Crippen molar-refractivity contribution in [2.24, 2.45) is 10.9 Å². The van der Waals surface area contributed by atoms with Gasteiger partial charge in [-0.15, -0.1) is 0 Å². The number of aromatic nitrogens is 1. The van der Waals surface area contributed by atoms with Gasteiger partial charge in [-0.25, -0.2) is 9.98 Å². The number of morpholine rings is 1. The van der Waals surface area contributed by atoms with Gasteiger partial charge >= 0.3 is 6.18 Å². The zero-order valence-electron chi connectivity index (χ0n) is 17.8. The number of pyridine rings is 1. The lowest BCUT2D eigenvalue weighted by Crippen LogP contribution is -2.50. The topological polar surface area (TPSA) is 71.0 Å². The van der Waals surface area contributed by atoms with Gasteiger partial charge in [0.1, 0.15) is 0 Å². The third-order valence-electron chi connectivity index (χ3n) is 4.29. The van der Waals surface area contributed by atoms with E-state index in [2.05, 4.69) is 39.4 Å². The molecule has 2 rings (SSSR count). The molecule has 0 radical (unpaired) electrons. The van der Waals surface area contributed by atoms with E-state index in [1.807, 2.05) is 6.92 Å². The van der Waals surface area contributed by atoms with Crippen molar-refractivity contribution in [2.45, 2.75) is 39.6 Å². The first-order valence-corrected chi connectivity index (χ1v) is 10.3. The minimum Gasteiger partial charge on any atom is -0.468 e. The smallest absolute Gasteiger partial charge is 0.422 e. The highest BCUT2D eigenvalue weighted by Crippen LogP contribution is 2.17. The molecule has 0 bridgehead atoms. The lowest BCUT2D eigenvalue weighted by Gasteiger charge is -2.34. The highest BCUT2D eigenvalue weighted by atomic mass is 19.4. The zero-order chi connectivity index (χ0) is 22.0. The van der Waals surface area contributed by atoms with Gasteiger partial charge in [-0.1, -0.05) is 13.8 Å². The van der Waals surface area contributed by atoms with Gasteiger partial charge in [-0.3, -0.25) is 4.90 Å². The van der Waals surface area contributed by atoms with E-state index in [0.29, 0.717) is 37.1 Å². The Hall–Kier alpha value is -2.07. The highest BCUT2D eigenvalue weighted by molar-refractivity contribution is 5.79. The summed E-state index contributed by atoms with van der Waals surface area (Å²) in [5.41, 5.74) is 0.705. The van der Waals surface area contributed by atoms with Crippen LogP contribution >= 0.6 is 0 Å². The average Bonchev–Trinajstić information content (AvgIpc) is 2.68. The summed E-state index contributed by atoms with van der Waals surface area (Å²) in [5, 5.41) is 6.46. The van der Waals surface area contributed by atoms with Crippen LogP contribution in [-0.2, 0) is 11.3 Å². The molecule has 1 fully saturated rings. The summed E-state index contributed by atoms with van der Waals surface area (Å²) in [5.74, 6) is 1.16. The molecule has 1 aromatic rings. The normalized spacial score (nSPS) is 18.5. The first kappa shape index (κ1) is 24.2. The van der Waals surface area contributed by atoms with Gasteiger partial charge in [0.15, 0.2) is 12.6 Å². The number of hydrogen-bond acceptors (Lipinski definition) is 5. The molecule has 30 heavy (non-hydrogen) atoms. The van der Waals surface area contributed by atoms with Gasteiger partial charge in [0.05, 0.1) is 19.3 Å². The van der Waals surface area contributed by atoms with Gasteiger partial charge in [-0.2, -0.15) is 13.2 Å². The van der Waals surface area contributed by atoms with Crippen LogP contribution in [-0.4, -0.2) is 74.1 Å². The number of nitrogens with one attached hydrogen (secondary N) is 2. The Morgan fingerprint density at radius 3 is 2.90 bits per heavy atom. The number of ether oxygens (including phenoxy) is 2. The lowest BCUT2D eigenvalue weighted by atomic mass is 10.2. The van der Waals surface area contributed by atoms with E-state index in [-0.39, 0.29) is 18.5 Å². The summed E-state index contributed by atoms with van der Waals surface area (Å²) < 4.78 is 47.4. The molecular formula is C20H32F3N5O2. The number of alkyl halides is 3. The molecule has 1 unspecified atom stereocenters. The standard InChI is InChI=1S/C20H32F3N5O2/c1-4-24-19(27-11-17-13-28(7-8-29-17)12-15(2)3)26-10-16-5-6-25-18(9-16)30-14-20(21,22)23/h5-6,9,15,17H,4,7-8,10-14H2,1-3H3,(H2,24,26,27). The third kappa shape index (κ3) is 9.62. The van der Waals surface area contributed by atoms with E-state index in [4.69, 9.17) is 9.47 Å². The first-order valence-electron chi connectivity index (χ1n) is 10.3. The quantitative estimate of drug-likeness (QED) is 0.462. The van der Waals surface area contributed by atoms with Gasteiger partial charge in [-0.05, 0) is 24.5 Å². The van der Waals surface area contributed by atoms with E-state index in [0.717, 1.165) is 19.6 Å². The molecule has 1 atom stereocenters. The summed E-state index contributed by atoms with van der Waals surface area (Å²) in [6, 6.07) is 3.16. The van der Waals surface area contributed by atoms with E-state index >= 15 is 0 Å². The Balaban J connectivity index is 1.88. The Bertz CT molecular complexity index is 670. The number of rotatable bonds is 9. The van der Waals surface area contributed by atoms with Crippen molar-refractivity contribution in [1.29, 1.82) is 0 Å². The Morgan fingerprint density at radius 2 is 2.20 bits per heavy atom. The summed E-state index contributed by atoms with van der Waals surface area (Å²) in [4.78, 5) is 10.7. The molecule has 0 saturated carbocycles. The predicted octanol–water partition coefficient (Wildman–Crippen LogP) is 2.43. The molecule has 10 heteroatoms. The monoisotopic (exact) mass is 431 g/mol. The maximum absolute atomic E-state index is 12.3. The molecule has 0 aliphatic carbocycles. The van der Waals surface area contributed by atoms with E-state index < -0.39 is 12.8 Å².